The van der Waals surface area contributed by atoms with Gasteiger partial charge in [0, 0.05) is 30.7 Å². The molecule has 4 bridgehead atoms. The molecule has 220 valence electrons. The maximum absolute atomic E-state index is 14.2. The highest BCUT2D eigenvalue weighted by Gasteiger charge is 2.35. The Kier molecular flexibility index (Phi) is 11.3. The molecule has 41 heavy (non-hydrogen) atoms. The predicted octanol–water partition coefficient (Wildman–Crippen LogP) is 6.84. The van der Waals surface area contributed by atoms with Gasteiger partial charge in [-0.3, -0.25) is 4.79 Å². The van der Waals surface area contributed by atoms with Crippen LogP contribution >= 0.6 is 0 Å². The summed E-state index contributed by atoms with van der Waals surface area (Å²) in [6.45, 7) is 3.80. The second-order valence-electron chi connectivity index (χ2n) is 8.97. The number of hydrogen-bond acceptors (Lipinski definition) is 7. The maximum atomic E-state index is 14.2. The number of nitrogens with one attached hydrogen (secondary N) is 3. The summed E-state index contributed by atoms with van der Waals surface area (Å²) < 4.78 is 59.5. The normalized spacial score (nSPS) is 19.3. The van der Waals surface area contributed by atoms with Gasteiger partial charge in [0.25, 0.3) is 5.91 Å². The molecule has 0 fully saturated rings. The minimum absolute atomic E-state index is 0.144. The average Bonchev–Trinajstić information content (AvgIpc) is 2.93. The van der Waals surface area contributed by atoms with Gasteiger partial charge in [-0.25, -0.2) is 4.99 Å². The first-order valence-corrected chi connectivity index (χ1v) is 13.2. The molecule has 2 heterocycles. The topological polar surface area (TPSA) is 93.2 Å². The fourth-order valence-electron chi connectivity index (χ4n) is 3.89. The minimum atomic E-state index is -4.73. The van der Waals surface area contributed by atoms with Crippen molar-refractivity contribution in [1.82, 2.24) is 5.32 Å². The van der Waals surface area contributed by atoms with Crippen molar-refractivity contribution in [3.8, 4) is 17.2 Å². The molecular formula is C30H35F3N4O4. The van der Waals surface area contributed by atoms with Gasteiger partial charge in [0.05, 0.1) is 30.5 Å². The lowest BCUT2D eigenvalue weighted by atomic mass is 10.1. The summed E-state index contributed by atoms with van der Waals surface area (Å²) in [6, 6.07) is 9.74. The molecule has 0 aromatic heterocycles. The molecule has 0 atom stereocenters. The van der Waals surface area contributed by atoms with Gasteiger partial charge >= 0.3 is 6.18 Å². The summed E-state index contributed by atoms with van der Waals surface area (Å²) >= 11 is 0. The van der Waals surface area contributed by atoms with Gasteiger partial charge < -0.3 is 30.2 Å². The van der Waals surface area contributed by atoms with Crippen LogP contribution in [0.4, 0.5) is 24.5 Å². The molecule has 0 aliphatic carbocycles. The second kappa shape index (κ2) is 14.8. The predicted molar refractivity (Wildman–Crippen MR) is 155 cm³/mol. The molecule has 2 aromatic carbocycles. The number of anilines is 2. The molecule has 0 saturated heterocycles. The summed E-state index contributed by atoms with van der Waals surface area (Å²) in [4.78, 5) is 16.7. The molecule has 1 amide bonds. The molecular weight excluding hydrogens is 537 g/mol. The van der Waals surface area contributed by atoms with E-state index in [1.807, 2.05) is 19.1 Å². The molecule has 0 unspecified atom stereocenters. The van der Waals surface area contributed by atoms with Crippen molar-refractivity contribution in [3.05, 3.63) is 77.3 Å². The number of benzene rings is 2. The Morgan fingerprint density at radius 1 is 1.15 bits per heavy atom. The lowest BCUT2D eigenvalue weighted by Crippen LogP contribution is -2.21. The van der Waals surface area contributed by atoms with E-state index in [2.05, 4.69) is 20.9 Å². The van der Waals surface area contributed by atoms with Crippen LogP contribution in [0, 0.1) is 0 Å². The van der Waals surface area contributed by atoms with E-state index in [0.29, 0.717) is 49.0 Å². The number of ether oxygens (including phenoxy) is 3. The molecule has 2 aliphatic heterocycles. The Morgan fingerprint density at radius 3 is 2.66 bits per heavy atom. The minimum Gasteiger partial charge on any atom is -0.494 e. The number of alkyl halides is 3. The Hall–Kier alpha value is -4.41. The van der Waals surface area contributed by atoms with Crippen LogP contribution in [0.2, 0.25) is 0 Å². The number of allylic oxidation sites excluding steroid dienone is 4. The van der Waals surface area contributed by atoms with Gasteiger partial charge in [-0.05, 0) is 62.6 Å². The summed E-state index contributed by atoms with van der Waals surface area (Å²) in [7, 11) is 2.97. The number of amides is 1. The van der Waals surface area contributed by atoms with Crippen molar-refractivity contribution in [2.24, 2.45) is 4.99 Å². The van der Waals surface area contributed by atoms with Crippen LogP contribution in [0.3, 0.4) is 0 Å². The molecule has 0 spiro atoms. The Balaban J connectivity index is 2.07. The molecule has 2 aliphatic rings. The van der Waals surface area contributed by atoms with Crippen molar-refractivity contribution in [1.29, 1.82) is 0 Å². The van der Waals surface area contributed by atoms with Crippen LogP contribution < -0.4 is 30.2 Å². The molecule has 4 rings (SSSR count). The van der Waals surface area contributed by atoms with E-state index in [9.17, 15) is 18.0 Å². The number of carbonyl (C=O) groups is 1. The highest BCUT2D eigenvalue weighted by atomic mass is 19.4. The third-order valence-corrected chi connectivity index (χ3v) is 5.95. The summed E-state index contributed by atoms with van der Waals surface area (Å²) in [5.74, 6) is 1.16. The average molecular weight is 573 g/mol. The van der Waals surface area contributed by atoms with Crippen molar-refractivity contribution in [2.75, 3.05) is 38.0 Å². The van der Waals surface area contributed by atoms with Crippen LogP contribution in [-0.2, 0) is 0 Å². The van der Waals surface area contributed by atoms with Gasteiger partial charge in [0.1, 0.15) is 18.2 Å². The van der Waals surface area contributed by atoms with Crippen LogP contribution in [0.25, 0.3) is 0 Å². The summed E-state index contributed by atoms with van der Waals surface area (Å²) in [6.07, 6.45) is 3.53. The quantitative estimate of drug-likeness (QED) is 0.349. The van der Waals surface area contributed by atoms with Gasteiger partial charge in [-0.1, -0.05) is 19.1 Å². The summed E-state index contributed by atoms with van der Waals surface area (Å²) in [5, 5.41) is 8.32. The first-order chi connectivity index (χ1) is 19.7. The van der Waals surface area contributed by atoms with E-state index < -0.39 is 17.7 Å². The second-order valence-corrected chi connectivity index (χ2v) is 8.97. The molecule has 2 aromatic rings. The number of methoxy groups -OCH3 is 1. The van der Waals surface area contributed by atoms with Crippen LogP contribution in [-0.4, -0.2) is 45.7 Å². The van der Waals surface area contributed by atoms with Gasteiger partial charge in [-0.2, -0.15) is 13.2 Å². The zero-order valence-corrected chi connectivity index (χ0v) is 23.5. The third kappa shape index (κ3) is 9.06. The molecule has 0 radical (unpaired) electrons. The van der Waals surface area contributed by atoms with Gasteiger partial charge in [0.2, 0.25) is 0 Å². The van der Waals surface area contributed by atoms with E-state index >= 15 is 0 Å². The van der Waals surface area contributed by atoms with Crippen molar-refractivity contribution >= 4 is 23.5 Å². The highest BCUT2D eigenvalue weighted by molar-refractivity contribution is 6.00. The Labute approximate surface area is 238 Å². The third-order valence-electron chi connectivity index (χ3n) is 5.95. The fraction of sp³-hybridized carbons (Fsp3) is 0.333. The van der Waals surface area contributed by atoms with Crippen LogP contribution in [0.15, 0.2) is 76.7 Å². The number of halogens is 3. The van der Waals surface area contributed by atoms with E-state index in [0.717, 1.165) is 12.6 Å². The van der Waals surface area contributed by atoms with E-state index in [-0.39, 0.29) is 22.8 Å². The maximum Gasteiger partial charge on any atom is 0.419 e. The van der Waals surface area contributed by atoms with E-state index in [1.54, 1.807) is 30.3 Å². The molecule has 8 nitrogen and oxygen atoms in total. The molecule has 0 saturated carbocycles. The van der Waals surface area contributed by atoms with E-state index in [4.69, 9.17) is 14.2 Å². The Morgan fingerprint density at radius 2 is 1.95 bits per heavy atom. The number of nitrogens with zero attached hydrogens (tertiary/aromatic N) is 1. The molecule has 3 N–H and O–H groups in total. The number of rotatable bonds is 3. The van der Waals surface area contributed by atoms with Crippen LogP contribution in [0.5, 0.6) is 17.2 Å². The Bertz CT molecular complexity index is 1330. The van der Waals surface area contributed by atoms with Gasteiger partial charge in [-0.15, -0.1) is 0 Å². The zero-order valence-electron chi connectivity index (χ0n) is 23.5. The smallest absolute Gasteiger partial charge is 0.419 e. The van der Waals surface area contributed by atoms with Crippen LogP contribution in [0.1, 0.15) is 43.5 Å². The lowest BCUT2D eigenvalue weighted by molar-refractivity contribution is -0.0862. The van der Waals surface area contributed by atoms with Crippen molar-refractivity contribution in [3.63, 3.8) is 0 Å². The highest BCUT2D eigenvalue weighted by Crippen LogP contribution is 2.32. The first kappa shape index (κ1) is 31.1. The fourth-order valence-corrected chi connectivity index (χ4v) is 3.89. The summed E-state index contributed by atoms with van der Waals surface area (Å²) in [5.41, 5.74) is -0.334. The van der Waals surface area contributed by atoms with Crippen molar-refractivity contribution in [2.45, 2.75) is 39.3 Å². The SMILES string of the molecule is CC/C=C1/N=C\C(C(F)(F)F)=C(/C)Nc2ccc(cc2C(=O)NC)OCCC/C=C\COc2cc(ccc2OC)N1. The number of hydrogen-bond donors (Lipinski definition) is 3. The van der Waals surface area contributed by atoms with E-state index in [1.165, 1.54) is 33.2 Å². The largest absolute Gasteiger partial charge is 0.494 e. The molecule has 11 heteroatoms. The first-order valence-electron chi connectivity index (χ1n) is 13.2. The number of aliphatic imine (C=N–C) groups is 1. The van der Waals surface area contributed by atoms with Gasteiger partial charge in [0.15, 0.2) is 11.5 Å². The monoisotopic (exact) mass is 572 g/mol. The number of fused-ring (bicyclic) bond motifs is 12. The van der Waals surface area contributed by atoms with Crippen molar-refractivity contribution < 1.29 is 32.2 Å². The zero-order chi connectivity index (χ0) is 29.8. The lowest BCUT2D eigenvalue weighted by Gasteiger charge is -2.17. The number of carbonyl (C=O) groups excluding carboxylic acids is 1. The standard InChI is InChI=1S/C30H35F3N4O4/c1-5-10-28-35-19-24(30(31,32)33)20(2)36-25-13-12-22(18-23(25)29(38)34-3)40-15-8-6-7-9-16-41-27-17-21(37-28)11-14-26(27)39-4/h7,9-14,17-19,36-37H,5-6,8,15-16H2,1-4H3,(H,34,38)/b9-7-,24-20-,28-10-,35-19-.